The smallest absolute Gasteiger partial charge is 0.223 e. The van der Waals surface area contributed by atoms with Gasteiger partial charge in [0.05, 0.1) is 13.0 Å². The molecule has 1 amide bonds. The summed E-state index contributed by atoms with van der Waals surface area (Å²) in [6.07, 6.45) is 2.25. The third-order valence-corrected chi connectivity index (χ3v) is 5.11. The maximum absolute atomic E-state index is 13.5. The number of ether oxygens (including phenoxy) is 1. The molecule has 0 bridgehead atoms. The zero-order valence-corrected chi connectivity index (χ0v) is 15.8. The fraction of sp³-hybridized carbons (Fsp3) is 0.409. The fourth-order valence-corrected chi connectivity index (χ4v) is 3.50. The van der Waals surface area contributed by atoms with Gasteiger partial charge in [-0.3, -0.25) is 9.69 Å². The molecule has 1 atom stereocenters. The molecule has 2 aromatic rings. The minimum Gasteiger partial charge on any atom is -0.490 e. The minimum atomic E-state index is -0.408. The van der Waals surface area contributed by atoms with E-state index in [1.807, 2.05) is 0 Å². The molecule has 0 spiro atoms. The van der Waals surface area contributed by atoms with Crippen molar-refractivity contribution in [2.75, 3.05) is 19.7 Å². The minimum absolute atomic E-state index is 0.0674. The van der Waals surface area contributed by atoms with Gasteiger partial charge in [-0.1, -0.05) is 43.3 Å². The molecule has 4 nitrogen and oxygen atoms in total. The fourth-order valence-electron chi connectivity index (χ4n) is 3.50. The maximum Gasteiger partial charge on any atom is 0.223 e. The van der Waals surface area contributed by atoms with Crippen LogP contribution in [0.2, 0.25) is 0 Å². The summed E-state index contributed by atoms with van der Waals surface area (Å²) >= 11 is 0. The molecule has 0 aliphatic carbocycles. The lowest BCUT2D eigenvalue weighted by Gasteiger charge is -2.35. The first kappa shape index (κ1) is 19.4. The van der Waals surface area contributed by atoms with Gasteiger partial charge >= 0.3 is 0 Å². The Labute approximate surface area is 160 Å². The standard InChI is InChI=1S/C22H27FN2O2/c1-2-19(25-13-11-17-7-3-4-8-18(17)16-25)15-24-22(26)12-14-27-21-10-6-5-9-20(21)23/h3-10,19H,2,11-16H2,1H3,(H,24,26). The van der Waals surface area contributed by atoms with E-state index in [2.05, 4.69) is 41.4 Å². The molecule has 3 rings (SSSR count). The average molecular weight is 370 g/mol. The van der Waals surface area contributed by atoms with Gasteiger partial charge in [-0.05, 0) is 36.1 Å². The van der Waals surface area contributed by atoms with Crippen LogP contribution in [0.1, 0.15) is 30.9 Å². The molecule has 0 radical (unpaired) electrons. The number of amides is 1. The van der Waals surface area contributed by atoms with Crippen LogP contribution in [0.3, 0.4) is 0 Å². The Morgan fingerprint density at radius 2 is 1.93 bits per heavy atom. The normalized spacial score (nSPS) is 15.0. The predicted octanol–water partition coefficient (Wildman–Crippen LogP) is 3.55. The van der Waals surface area contributed by atoms with Gasteiger partial charge in [-0.15, -0.1) is 0 Å². The van der Waals surface area contributed by atoms with Gasteiger partial charge < -0.3 is 10.1 Å². The highest BCUT2D eigenvalue weighted by molar-refractivity contribution is 5.76. The van der Waals surface area contributed by atoms with E-state index in [0.717, 1.165) is 25.9 Å². The Kier molecular flexibility index (Phi) is 6.82. The summed E-state index contributed by atoms with van der Waals surface area (Å²) in [6.45, 7) is 4.89. The topological polar surface area (TPSA) is 41.6 Å². The Morgan fingerprint density at radius 3 is 2.70 bits per heavy atom. The first-order valence-corrected chi connectivity index (χ1v) is 9.62. The Hall–Kier alpha value is -2.40. The second-order valence-electron chi connectivity index (χ2n) is 6.88. The van der Waals surface area contributed by atoms with Gasteiger partial charge in [-0.25, -0.2) is 4.39 Å². The average Bonchev–Trinajstić information content (AvgIpc) is 2.70. The zero-order chi connectivity index (χ0) is 19.1. The van der Waals surface area contributed by atoms with Crippen molar-refractivity contribution < 1.29 is 13.9 Å². The van der Waals surface area contributed by atoms with Crippen molar-refractivity contribution in [3.05, 3.63) is 65.5 Å². The molecule has 0 fully saturated rings. The number of hydrogen-bond donors (Lipinski definition) is 1. The number of carbonyl (C=O) groups excluding carboxylic acids is 1. The van der Waals surface area contributed by atoms with E-state index in [9.17, 15) is 9.18 Å². The molecule has 27 heavy (non-hydrogen) atoms. The second kappa shape index (κ2) is 9.51. The molecule has 1 heterocycles. The first-order chi connectivity index (χ1) is 13.2. The van der Waals surface area contributed by atoms with E-state index in [1.165, 1.54) is 17.2 Å². The molecule has 144 valence electrons. The number of carbonyl (C=O) groups is 1. The largest absolute Gasteiger partial charge is 0.490 e. The zero-order valence-electron chi connectivity index (χ0n) is 15.8. The second-order valence-corrected chi connectivity index (χ2v) is 6.88. The number of benzene rings is 2. The van der Waals surface area contributed by atoms with Crippen LogP contribution < -0.4 is 10.1 Å². The number of halogens is 1. The molecule has 1 aliphatic rings. The maximum atomic E-state index is 13.5. The molecule has 0 saturated heterocycles. The first-order valence-electron chi connectivity index (χ1n) is 9.62. The summed E-state index contributed by atoms with van der Waals surface area (Å²) in [5, 5.41) is 3.00. The van der Waals surface area contributed by atoms with Crippen LogP contribution >= 0.6 is 0 Å². The Balaban J connectivity index is 1.43. The molecule has 1 N–H and O–H groups in total. The van der Waals surface area contributed by atoms with Crippen LogP contribution in [0.5, 0.6) is 5.75 Å². The quantitative estimate of drug-likeness (QED) is 0.773. The number of nitrogens with one attached hydrogen (secondary N) is 1. The van der Waals surface area contributed by atoms with Crippen molar-refractivity contribution in [1.82, 2.24) is 10.2 Å². The van der Waals surface area contributed by atoms with Gasteiger partial charge in [0.15, 0.2) is 11.6 Å². The highest BCUT2D eigenvalue weighted by atomic mass is 19.1. The van der Waals surface area contributed by atoms with Crippen molar-refractivity contribution in [2.45, 2.75) is 38.8 Å². The van der Waals surface area contributed by atoms with Crippen LogP contribution in [0, 0.1) is 5.82 Å². The lowest BCUT2D eigenvalue weighted by Crippen LogP contribution is -2.45. The third kappa shape index (κ3) is 5.30. The molecular weight excluding hydrogens is 343 g/mol. The molecule has 1 aliphatic heterocycles. The summed E-state index contributed by atoms with van der Waals surface area (Å²) in [6, 6.07) is 15.1. The highest BCUT2D eigenvalue weighted by Crippen LogP contribution is 2.21. The Morgan fingerprint density at radius 1 is 1.19 bits per heavy atom. The van der Waals surface area contributed by atoms with Gasteiger partial charge in [-0.2, -0.15) is 0 Å². The monoisotopic (exact) mass is 370 g/mol. The lowest BCUT2D eigenvalue weighted by atomic mass is 9.98. The van der Waals surface area contributed by atoms with Crippen molar-refractivity contribution in [3.8, 4) is 5.75 Å². The van der Waals surface area contributed by atoms with Crippen LogP contribution in [-0.4, -0.2) is 36.5 Å². The van der Waals surface area contributed by atoms with Crippen LogP contribution in [0.15, 0.2) is 48.5 Å². The summed E-state index contributed by atoms with van der Waals surface area (Å²) < 4.78 is 18.8. The van der Waals surface area contributed by atoms with E-state index in [1.54, 1.807) is 18.2 Å². The van der Waals surface area contributed by atoms with Gasteiger partial charge in [0, 0.05) is 25.7 Å². The predicted molar refractivity (Wildman–Crippen MR) is 104 cm³/mol. The molecule has 0 saturated carbocycles. The van der Waals surface area contributed by atoms with E-state index in [0.29, 0.717) is 12.6 Å². The van der Waals surface area contributed by atoms with Gasteiger partial charge in [0.2, 0.25) is 5.91 Å². The number of para-hydroxylation sites is 1. The SMILES string of the molecule is CCC(CNC(=O)CCOc1ccccc1F)N1CCc2ccccc2C1. The number of nitrogens with zero attached hydrogens (tertiary/aromatic N) is 1. The number of hydrogen-bond acceptors (Lipinski definition) is 3. The van der Waals surface area contributed by atoms with Crippen LogP contribution in [-0.2, 0) is 17.8 Å². The van der Waals surface area contributed by atoms with Crippen LogP contribution in [0.4, 0.5) is 4.39 Å². The molecule has 1 unspecified atom stereocenters. The number of fused-ring (bicyclic) bond motifs is 1. The molecule has 2 aromatic carbocycles. The molecule has 0 aromatic heterocycles. The van der Waals surface area contributed by atoms with E-state index in [-0.39, 0.29) is 24.7 Å². The Bertz CT molecular complexity index is 765. The van der Waals surface area contributed by atoms with Crippen molar-refractivity contribution in [2.24, 2.45) is 0 Å². The third-order valence-electron chi connectivity index (χ3n) is 5.11. The highest BCUT2D eigenvalue weighted by Gasteiger charge is 2.22. The summed E-state index contributed by atoms with van der Waals surface area (Å²) in [7, 11) is 0. The van der Waals surface area contributed by atoms with E-state index >= 15 is 0 Å². The van der Waals surface area contributed by atoms with Crippen LogP contribution in [0.25, 0.3) is 0 Å². The van der Waals surface area contributed by atoms with Crippen molar-refractivity contribution >= 4 is 5.91 Å². The number of rotatable bonds is 8. The summed E-state index contributed by atoms with van der Waals surface area (Å²) in [4.78, 5) is 14.6. The van der Waals surface area contributed by atoms with E-state index in [4.69, 9.17) is 4.74 Å². The molecule has 5 heteroatoms. The van der Waals surface area contributed by atoms with E-state index < -0.39 is 5.82 Å². The molecular formula is C22H27FN2O2. The lowest BCUT2D eigenvalue weighted by molar-refractivity contribution is -0.121. The van der Waals surface area contributed by atoms with Gasteiger partial charge in [0.25, 0.3) is 0 Å². The summed E-state index contributed by atoms with van der Waals surface area (Å²) in [5.41, 5.74) is 2.81. The van der Waals surface area contributed by atoms with Crippen molar-refractivity contribution in [1.29, 1.82) is 0 Å². The van der Waals surface area contributed by atoms with Crippen molar-refractivity contribution in [3.63, 3.8) is 0 Å². The summed E-state index contributed by atoms with van der Waals surface area (Å²) in [5.74, 6) is -0.291. The van der Waals surface area contributed by atoms with Gasteiger partial charge in [0.1, 0.15) is 0 Å².